The van der Waals surface area contributed by atoms with Crippen molar-refractivity contribution in [3.8, 4) is 0 Å². The summed E-state index contributed by atoms with van der Waals surface area (Å²) < 4.78 is 0. The lowest BCUT2D eigenvalue weighted by Gasteiger charge is -2.40. The van der Waals surface area contributed by atoms with Gasteiger partial charge in [0.2, 0.25) is 0 Å². The molecular weight excluding hydrogens is 256 g/mol. The van der Waals surface area contributed by atoms with Crippen LogP contribution in [0.15, 0.2) is 30.3 Å². The number of nitrogens with two attached hydrogens (primary N) is 1. The Morgan fingerprint density at radius 2 is 1.86 bits per heavy atom. The van der Waals surface area contributed by atoms with Gasteiger partial charge in [0.1, 0.15) is 0 Å². The van der Waals surface area contributed by atoms with Gasteiger partial charge in [0.25, 0.3) is 0 Å². The smallest absolute Gasteiger partial charge is 0.0253 e. The molecule has 1 heterocycles. The Bertz CT molecular complexity index is 442. The average Bonchev–Trinajstić information content (AvgIpc) is 2.98. The second-order valence-corrected chi connectivity index (χ2v) is 7.44. The molecule has 4 atom stereocenters. The highest BCUT2D eigenvalue weighted by atomic mass is 15.2. The Balaban J connectivity index is 1.67. The van der Waals surface area contributed by atoms with Crippen LogP contribution in [0.1, 0.15) is 51.0 Å². The summed E-state index contributed by atoms with van der Waals surface area (Å²) in [5.41, 5.74) is 7.99. The minimum absolute atomic E-state index is 0.371. The van der Waals surface area contributed by atoms with Gasteiger partial charge in [-0.3, -0.25) is 4.90 Å². The summed E-state index contributed by atoms with van der Waals surface area (Å²) in [4.78, 5) is 2.70. The average molecular weight is 286 g/mol. The van der Waals surface area contributed by atoms with Gasteiger partial charge in [-0.25, -0.2) is 0 Å². The molecule has 2 fully saturated rings. The number of rotatable bonds is 3. The minimum atomic E-state index is 0.371. The van der Waals surface area contributed by atoms with E-state index in [1.807, 2.05) is 0 Å². The van der Waals surface area contributed by atoms with Gasteiger partial charge in [0, 0.05) is 18.6 Å². The second kappa shape index (κ2) is 6.50. The van der Waals surface area contributed by atoms with Crippen LogP contribution < -0.4 is 5.73 Å². The fourth-order valence-electron chi connectivity index (χ4n) is 4.28. The van der Waals surface area contributed by atoms with Crippen molar-refractivity contribution in [1.29, 1.82) is 0 Å². The van der Waals surface area contributed by atoms with Crippen LogP contribution >= 0.6 is 0 Å². The molecule has 1 saturated carbocycles. The highest BCUT2D eigenvalue weighted by Crippen LogP contribution is 2.37. The summed E-state index contributed by atoms with van der Waals surface area (Å²) in [7, 11) is 0. The highest BCUT2D eigenvalue weighted by molar-refractivity contribution is 5.21. The standard InChI is InChI=1S/C19H30N2/c1-14(2)17-10-11-21(13-17)19-12-16(8-9-18(19)20)15-6-4-3-5-7-15/h3-7,14,16-19H,8-13,20H2,1-2H3. The van der Waals surface area contributed by atoms with Crippen molar-refractivity contribution in [1.82, 2.24) is 4.90 Å². The Labute approximate surface area is 129 Å². The molecule has 0 amide bonds. The van der Waals surface area contributed by atoms with E-state index in [1.54, 1.807) is 0 Å². The van der Waals surface area contributed by atoms with Crippen LogP contribution in [-0.2, 0) is 0 Å². The molecule has 0 radical (unpaired) electrons. The van der Waals surface area contributed by atoms with Gasteiger partial charge in [-0.15, -0.1) is 0 Å². The molecule has 4 unspecified atom stereocenters. The summed E-state index contributed by atoms with van der Waals surface area (Å²) in [5.74, 6) is 2.38. The zero-order valence-corrected chi connectivity index (χ0v) is 13.5. The summed E-state index contributed by atoms with van der Waals surface area (Å²) >= 11 is 0. The molecule has 1 aliphatic carbocycles. The normalized spacial score (nSPS) is 34.5. The van der Waals surface area contributed by atoms with E-state index in [9.17, 15) is 0 Å². The van der Waals surface area contributed by atoms with E-state index in [0.717, 1.165) is 11.8 Å². The lowest BCUT2D eigenvalue weighted by molar-refractivity contribution is 0.148. The predicted molar refractivity (Wildman–Crippen MR) is 89.3 cm³/mol. The maximum Gasteiger partial charge on any atom is 0.0253 e. The van der Waals surface area contributed by atoms with Gasteiger partial charge in [-0.05, 0) is 55.5 Å². The van der Waals surface area contributed by atoms with Crippen LogP contribution in [0, 0.1) is 11.8 Å². The second-order valence-electron chi connectivity index (χ2n) is 7.44. The number of likely N-dealkylation sites (tertiary alicyclic amines) is 1. The van der Waals surface area contributed by atoms with E-state index in [1.165, 1.54) is 44.3 Å². The number of benzene rings is 1. The number of nitrogens with zero attached hydrogens (tertiary/aromatic N) is 1. The topological polar surface area (TPSA) is 29.3 Å². The molecule has 2 heteroatoms. The fraction of sp³-hybridized carbons (Fsp3) is 0.684. The zero-order valence-electron chi connectivity index (χ0n) is 13.5. The molecule has 2 aliphatic rings. The van der Waals surface area contributed by atoms with Crippen LogP contribution in [0.5, 0.6) is 0 Å². The van der Waals surface area contributed by atoms with E-state index in [2.05, 4.69) is 49.1 Å². The van der Waals surface area contributed by atoms with Crippen LogP contribution in [0.3, 0.4) is 0 Å². The van der Waals surface area contributed by atoms with Gasteiger partial charge in [0.15, 0.2) is 0 Å². The summed E-state index contributed by atoms with van der Waals surface area (Å²) in [6.45, 7) is 7.24. The van der Waals surface area contributed by atoms with Gasteiger partial charge in [-0.1, -0.05) is 44.2 Å². The molecule has 2 nitrogen and oxygen atoms in total. The summed E-state index contributed by atoms with van der Waals surface area (Å²) in [6.07, 6.45) is 5.03. The predicted octanol–water partition coefficient (Wildman–Crippen LogP) is 3.63. The van der Waals surface area contributed by atoms with Crippen molar-refractivity contribution in [2.75, 3.05) is 13.1 Å². The van der Waals surface area contributed by atoms with E-state index in [0.29, 0.717) is 18.0 Å². The minimum Gasteiger partial charge on any atom is -0.326 e. The third kappa shape index (κ3) is 3.32. The Kier molecular flexibility index (Phi) is 4.66. The van der Waals surface area contributed by atoms with Gasteiger partial charge in [-0.2, -0.15) is 0 Å². The molecule has 1 aliphatic heterocycles. The molecule has 1 aromatic rings. The van der Waals surface area contributed by atoms with Gasteiger partial charge in [0.05, 0.1) is 0 Å². The van der Waals surface area contributed by atoms with Crippen molar-refractivity contribution in [3.63, 3.8) is 0 Å². The first-order valence-electron chi connectivity index (χ1n) is 8.69. The summed E-state index contributed by atoms with van der Waals surface area (Å²) in [6, 6.07) is 12.0. The van der Waals surface area contributed by atoms with Crippen molar-refractivity contribution in [3.05, 3.63) is 35.9 Å². The Morgan fingerprint density at radius 1 is 1.10 bits per heavy atom. The Hall–Kier alpha value is -0.860. The maximum atomic E-state index is 6.48. The van der Waals surface area contributed by atoms with Crippen molar-refractivity contribution < 1.29 is 0 Å². The first kappa shape index (κ1) is 15.1. The van der Waals surface area contributed by atoms with E-state index in [4.69, 9.17) is 5.73 Å². The molecule has 0 spiro atoms. The zero-order chi connectivity index (χ0) is 14.8. The van der Waals surface area contributed by atoms with Crippen LogP contribution in [0.2, 0.25) is 0 Å². The van der Waals surface area contributed by atoms with E-state index >= 15 is 0 Å². The van der Waals surface area contributed by atoms with E-state index < -0.39 is 0 Å². The lowest BCUT2D eigenvalue weighted by atomic mass is 9.78. The van der Waals surface area contributed by atoms with E-state index in [-0.39, 0.29) is 0 Å². The molecule has 0 aromatic heterocycles. The van der Waals surface area contributed by atoms with Crippen LogP contribution in [0.25, 0.3) is 0 Å². The van der Waals surface area contributed by atoms with Crippen molar-refractivity contribution in [2.24, 2.45) is 17.6 Å². The first-order valence-corrected chi connectivity index (χ1v) is 8.69. The van der Waals surface area contributed by atoms with Gasteiger partial charge >= 0.3 is 0 Å². The SMILES string of the molecule is CC(C)C1CCN(C2CC(c3ccccc3)CCC2N)C1. The molecule has 2 N–H and O–H groups in total. The number of hydrogen-bond acceptors (Lipinski definition) is 2. The van der Waals surface area contributed by atoms with Crippen molar-refractivity contribution in [2.45, 2.75) is 57.5 Å². The maximum absolute atomic E-state index is 6.48. The largest absolute Gasteiger partial charge is 0.326 e. The molecule has 3 rings (SSSR count). The molecule has 0 bridgehead atoms. The molecule has 21 heavy (non-hydrogen) atoms. The molecule has 1 aromatic carbocycles. The quantitative estimate of drug-likeness (QED) is 0.919. The fourth-order valence-corrected chi connectivity index (χ4v) is 4.28. The third-order valence-electron chi connectivity index (χ3n) is 5.81. The lowest BCUT2D eigenvalue weighted by Crippen LogP contribution is -2.50. The highest BCUT2D eigenvalue weighted by Gasteiger charge is 2.36. The van der Waals surface area contributed by atoms with Gasteiger partial charge < -0.3 is 5.73 Å². The number of hydrogen-bond donors (Lipinski definition) is 1. The monoisotopic (exact) mass is 286 g/mol. The molecule has 1 saturated heterocycles. The first-order chi connectivity index (χ1) is 10.1. The third-order valence-corrected chi connectivity index (χ3v) is 5.81. The summed E-state index contributed by atoms with van der Waals surface area (Å²) in [5, 5.41) is 0. The van der Waals surface area contributed by atoms with Crippen LogP contribution in [-0.4, -0.2) is 30.1 Å². The van der Waals surface area contributed by atoms with Crippen molar-refractivity contribution >= 4 is 0 Å². The molecule has 116 valence electrons. The van der Waals surface area contributed by atoms with Crippen LogP contribution in [0.4, 0.5) is 0 Å². The molecular formula is C19H30N2. The Morgan fingerprint density at radius 3 is 2.52 bits per heavy atom.